The van der Waals surface area contributed by atoms with Crippen LogP contribution >= 0.6 is 0 Å². The predicted molar refractivity (Wildman–Crippen MR) is 64.9 cm³/mol. The zero-order valence-corrected chi connectivity index (χ0v) is 9.50. The first-order chi connectivity index (χ1) is 7.66. The summed E-state index contributed by atoms with van der Waals surface area (Å²) in [7, 11) is 0. The lowest BCUT2D eigenvalue weighted by atomic mass is 10.1. The van der Waals surface area contributed by atoms with Crippen LogP contribution in [-0.4, -0.2) is 24.8 Å². The lowest BCUT2D eigenvalue weighted by Gasteiger charge is -2.07. The smallest absolute Gasteiger partial charge is 0.290 e. The zero-order valence-electron chi connectivity index (χ0n) is 9.50. The maximum Gasteiger partial charge on any atom is 0.290 e. The van der Waals surface area contributed by atoms with Gasteiger partial charge in [0.1, 0.15) is 0 Å². The molecule has 4 heteroatoms. The average Bonchev–Trinajstić information content (AvgIpc) is 2.77. The second-order valence-electron chi connectivity index (χ2n) is 3.91. The van der Waals surface area contributed by atoms with Gasteiger partial charge in [-0.05, 0) is 37.1 Å². The van der Waals surface area contributed by atoms with Crippen LogP contribution in [0, 0.1) is 13.8 Å². The molecule has 2 rings (SSSR count). The standard InChI is InChI=1S/C12H15N3O/c1-8-3-4-10(7-9(8)2)15-12(16)11-13-5-6-14-11/h3-4,7H,5-6H2,1-2H3,(H,13,14)(H,15,16). The summed E-state index contributed by atoms with van der Waals surface area (Å²) in [5.74, 6) is 0.263. The molecule has 0 saturated carbocycles. The number of carbonyl (C=O) groups is 1. The van der Waals surface area contributed by atoms with Crippen LogP contribution in [-0.2, 0) is 4.79 Å². The van der Waals surface area contributed by atoms with Crippen molar-refractivity contribution in [1.29, 1.82) is 0 Å². The highest BCUT2D eigenvalue weighted by Gasteiger charge is 2.14. The summed E-state index contributed by atoms with van der Waals surface area (Å²) in [5.41, 5.74) is 3.19. The highest BCUT2D eigenvalue weighted by Crippen LogP contribution is 2.14. The molecule has 4 nitrogen and oxygen atoms in total. The second-order valence-corrected chi connectivity index (χ2v) is 3.91. The molecular formula is C12H15N3O. The van der Waals surface area contributed by atoms with Gasteiger partial charge in [-0.25, -0.2) is 0 Å². The quantitative estimate of drug-likeness (QED) is 0.783. The highest BCUT2D eigenvalue weighted by atomic mass is 16.2. The van der Waals surface area contributed by atoms with Gasteiger partial charge in [0.15, 0.2) is 5.84 Å². The van der Waals surface area contributed by atoms with E-state index in [2.05, 4.69) is 15.6 Å². The van der Waals surface area contributed by atoms with Crippen molar-refractivity contribution >= 4 is 17.4 Å². The summed E-state index contributed by atoms with van der Waals surface area (Å²) in [4.78, 5) is 15.8. The van der Waals surface area contributed by atoms with Crippen molar-refractivity contribution in [3.05, 3.63) is 29.3 Å². The molecule has 0 unspecified atom stereocenters. The maximum atomic E-state index is 11.7. The van der Waals surface area contributed by atoms with Gasteiger partial charge >= 0.3 is 0 Å². The molecule has 0 atom stereocenters. The summed E-state index contributed by atoms with van der Waals surface area (Å²) >= 11 is 0. The Bertz CT molecular complexity index is 452. The third kappa shape index (κ3) is 2.21. The van der Waals surface area contributed by atoms with E-state index in [9.17, 15) is 4.79 Å². The van der Waals surface area contributed by atoms with Crippen LogP contribution in [0.4, 0.5) is 5.69 Å². The summed E-state index contributed by atoms with van der Waals surface area (Å²) in [6, 6.07) is 5.85. The van der Waals surface area contributed by atoms with Gasteiger partial charge in [-0.3, -0.25) is 9.79 Å². The SMILES string of the molecule is Cc1ccc(NC(=O)C2=NCCN2)cc1C. The first-order valence-corrected chi connectivity index (χ1v) is 5.34. The molecule has 1 heterocycles. The Labute approximate surface area is 94.8 Å². The number of carbonyl (C=O) groups excluding carboxylic acids is 1. The highest BCUT2D eigenvalue weighted by molar-refractivity contribution is 6.42. The molecule has 0 fully saturated rings. The monoisotopic (exact) mass is 217 g/mol. The van der Waals surface area contributed by atoms with Crippen molar-refractivity contribution in [1.82, 2.24) is 5.32 Å². The minimum Gasteiger partial charge on any atom is -0.364 e. The molecule has 0 spiro atoms. The number of nitrogens with one attached hydrogen (secondary N) is 2. The van der Waals surface area contributed by atoms with Crippen molar-refractivity contribution in [2.45, 2.75) is 13.8 Å². The van der Waals surface area contributed by atoms with Gasteiger partial charge in [0, 0.05) is 12.2 Å². The van der Waals surface area contributed by atoms with Crippen LogP contribution < -0.4 is 10.6 Å². The second kappa shape index (κ2) is 4.35. The molecule has 0 aliphatic carbocycles. The number of benzene rings is 1. The Morgan fingerprint density at radius 2 is 2.19 bits per heavy atom. The number of aliphatic imine (C=N–C) groups is 1. The molecule has 16 heavy (non-hydrogen) atoms. The number of hydrogen-bond acceptors (Lipinski definition) is 3. The number of rotatable bonds is 2. The van der Waals surface area contributed by atoms with E-state index >= 15 is 0 Å². The van der Waals surface area contributed by atoms with Crippen molar-refractivity contribution in [2.24, 2.45) is 4.99 Å². The van der Waals surface area contributed by atoms with Gasteiger partial charge in [0.05, 0.1) is 6.54 Å². The van der Waals surface area contributed by atoms with E-state index in [-0.39, 0.29) is 5.91 Å². The van der Waals surface area contributed by atoms with E-state index in [1.807, 2.05) is 32.0 Å². The first-order valence-electron chi connectivity index (χ1n) is 5.34. The van der Waals surface area contributed by atoms with Gasteiger partial charge in [-0.15, -0.1) is 0 Å². The molecule has 84 valence electrons. The third-order valence-corrected chi connectivity index (χ3v) is 2.65. The number of nitrogens with zero attached hydrogens (tertiary/aromatic N) is 1. The molecular weight excluding hydrogens is 202 g/mol. The minimum absolute atomic E-state index is 0.166. The van der Waals surface area contributed by atoms with E-state index in [1.165, 1.54) is 11.1 Å². The Hall–Kier alpha value is -1.84. The van der Waals surface area contributed by atoms with Crippen LogP contribution in [0.5, 0.6) is 0 Å². The summed E-state index contributed by atoms with van der Waals surface area (Å²) in [6.07, 6.45) is 0. The first kappa shape index (κ1) is 10.7. The fourth-order valence-corrected chi connectivity index (χ4v) is 1.56. The summed E-state index contributed by atoms with van der Waals surface area (Å²) in [5, 5.41) is 5.76. The number of anilines is 1. The Kier molecular flexibility index (Phi) is 2.90. The van der Waals surface area contributed by atoms with Crippen LogP contribution in [0.1, 0.15) is 11.1 Å². The molecule has 1 amide bonds. The van der Waals surface area contributed by atoms with E-state index in [4.69, 9.17) is 0 Å². The van der Waals surface area contributed by atoms with Crippen LogP contribution in [0.3, 0.4) is 0 Å². The normalized spacial score (nSPS) is 14.2. The average molecular weight is 217 g/mol. The van der Waals surface area contributed by atoms with Crippen molar-refractivity contribution in [3.8, 4) is 0 Å². The Balaban J connectivity index is 2.08. The van der Waals surface area contributed by atoms with E-state index in [1.54, 1.807) is 0 Å². The van der Waals surface area contributed by atoms with E-state index < -0.39 is 0 Å². The van der Waals surface area contributed by atoms with Crippen LogP contribution in [0.25, 0.3) is 0 Å². The molecule has 0 aromatic heterocycles. The minimum atomic E-state index is -0.166. The lowest BCUT2D eigenvalue weighted by molar-refractivity contribution is -0.110. The van der Waals surface area contributed by atoms with E-state index in [0.29, 0.717) is 12.4 Å². The van der Waals surface area contributed by atoms with Crippen LogP contribution in [0.2, 0.25) is 0 Å². The molecule has 1 aromatic rings. The van der Waals surface area contributed by atoms with Gasteiger partial charge in [-0.2, -0.15) is 0 Å². The summed E-state index contributed by atoms with van der Waals surface area (Å²) in [6.45, 7) is 5.49. The van der Waals surface area contributed by atoms with Gasteiger partial charge < -0.3 is 10.6 Å². The van der Waals surface area contributed by atoms with Gasteiger partial charge in [0.2, 0.25) is 0 Å². The molecule has 1 aliphatic heterocycles. The molecule has 0 radical (unpaired) electrons. The molecule has 0 bridgehead atoms. The van der Waals surface area contributed by atoms with E-state index in [0.717, 1.165) is 12.2 Å². The Morgan fingerprint density at radius 1 is 1.38 bits per heavy atom. The fourth-order valence-electron chi connectivity index (χ4n) is 1.56. The fraction of sp³-hybridized carbons (Fsp3) is 0.333. The predicted octanol–water partition coefficient (Wildman–Crippen LogP) is 1.24. The molecule has 1 aliphatic rings. The van der Waals surface area contributed by atoms with Gasteiger partial charge in [0.25, 0.3) is 5.91 Å². The number of amidine groups is 1. The van der Waals surface area contributed by atoms with Crippen molar-refractivity contribution in [3.63, 3.8) is 0 Å². The maximum absolute atomic E-state index is 11.7. The van der Waals surface area contributed by atoms with Crippen LogP contribution in [0.15, 0.2) is 23.2 Å². The number of amides is 1. The largest absolute Gasteiger partial charge is 0.364 e. The number of aryl methyl sites for hydroxylation is 2. The molecule has 1 aromatic carbocycles. The van der Waals surface area contributed by atoms with Crippen molar-refractivity contribution < 1.29 is 4.79 Å². The van der Waals surface area contributed by atoms with Gasteiger partial charge in [-0.1, -0.05) is 6.07 Å². The molecule has 2 N–H and O–H groups in total. The van der Waals surface area contributed by atoms with Crippen molar-refractivity contribution in [2.75, 3.05) is 18.4 Å². The summed E-state index contributed by atoms with van der Waals surface area (Å²) < 4.78 is 0. The topological polar surface area (TPSA) is 53.5 Å². The zero-order chi connectivity index (χ0) is 11.5. The Morgan fingerprint density at radius 3 is 2.81 bits per heavy atom. The molecule has 0 saturated heterocycles. The number of hydrogen-bond donors (Lipinski definition) is 2. The third-order valence-electron chi connectivity index (χ3n) is 2.65. The lowest BCUT2D eigenvalue weighted by Crippen LogP contribution is -2.32.